The first-order chi connectivity index (χ1) is 18.4. The summed E-state index contributed by atoms with van der Waals surface area (Å²) >= 11 is 7.39. The minimum absolute atomic E-state index is 0.000577. The van der Waals surface area contributed by atoms with E-state index in [1.807, 2.05) is 44.2 Å². The molecule has 0 bridgehead atoms. The predicted molar refractivity (Wildman–Crippen MR) is 146 cm³/mol. The van der Waals surface area contributed by atoms with Crippen molar-refractivity contribution in [2.45, 2.75) is 44.5 Å². The van der Waals surface area contributed by atoms with Crippen LogP contribution in [0, 0.1) is 19.7 Å². The van der Waals surface area contributed by atoms with E-state index in [1.54, 1.807) is 17.7 Å². The standard InChI is InChI=1S/C28H28ClFN4O3S/c1-17-13-23(18(2)33(17)15-22-5-4-12-37-22)26(35)16-38-28-32-31-27(19-6-9-21(36-3)10-7-19)34(28)20-8-11-25(30)24(29)14-20/h6-11,13-14,22H,4-5,12,15-16H2,1-3H3. The first kappa shape index (κ1) is 26.5. The van der Waals surface area contributed by atoms with E-state index in [0.717, 1.165) is 42.9 Å². The van der Waals surface area contributed by atoms with E-state index in [2.05, 4.69) is 14.8 Å². The monoisotopic (exact) mass is 554 g/mol. The first-order valence-electron chi connectivity index (χ1n) is 12.3. The second-order valence-corrected chi connectivity index (χ2v) is 10.6. The summed E-state index contributed by atoms with van der Waals surface area (Å²) < 4.78 is 29.0. The molecule has 198 valence electrons. The number of ether oxygens (including phenoxy) is 2. The summed E-state index contributed by atoms with van der Waals surface area (Å²) in [6, 6.07) is 13.8. The number of ketones is 1. The number of halogens is 2. The lowest BCUT2D eigenvalue weighted by molar-refractivity contribution is 0.0957. The normalized spacial score (nSPS) is 15.2. The number of rotatable bonds is 9. The maximum absolute atomic E-state index is 13.9. The molecule has 4 aromatic rings. The number of thioether (sulfide) groups is 1. The Morgan fingerprint density at radius 3 is 2.66 bits per heavy atom. The maximum Gasteiger partial charge on any atom is 0.196 e. The van der Waals surface area contributed by atoms with Crippen molar-refractivity contribution >= 4 is 29.1 Å². The van der Waals surface area contributed by atoms with E-state index in [9.17, 15) is 9.18 Å². The van der Waals surface area contributed by atoms with E-state index in [0.29, 0.717) is 28.0 Å². The molecule has 1 aliphatic heterocycles. The Bertz CT molecular complexity index is 1460. The average molecular weight is 555 g/mol. The molecule has 0 saturated carbocycles. The Morgan fingerprint density at radius 2 is 1.97 bits per heavy atom. The molecule has 1 saturated heterocycles. The van der Waals surface area contributed by atoms with Gasteiger partial charge >= 0.3 is 0 Å². The van der Waals surface area contributed by atoms with Gasteiger partial charge in [0.05, 0.1) is 29.7 Å². The maximum atomic E-state index is 13.9. The molecule has 0 amide bonds. The fraction of sp³-hybridized carbons (Fsp3) is 0.321. The van der Waals surface area contributed by atoms with Crippen LogP contribution in [0.2, 0.25) is 5.02 Å². The Kier molecular flexibility index (Phi) is 7.88. The fourth-order valence-corrected chi connectivity index (χ4v) is 5.72. The number of carbonyl (C=O) groups excluding carboxylic acids is 1. The first-order valence-corrected chi connectivity index (χ1v) is 13.7. The lowest BCUT2D eigenvalue weighted by Crippen LogP contribution is -2.17. The van der Waals surface area contributed by atoms with E-state index in [-0.39, 0.29) is 22.7 Å². The quantitative estimate of drug-likeness (QED) is 0.178. The summed E-state index contributed by atoms with van der Waals surface area (Å²) in [4.78, 5) is 13.3. The van der Waals surface area contributed by atoms with Gasteiger partial charge in [-0.05, 0) is 75.2 Å². The number of carbonyl (C=O) groups is 1. The molecule has 1 fully saturated rings. The van der Waals surface area contributed by atoms with Crippen molar-refractivity contribution in [3.63, 3.8) is 0 Å². The number of nitrogens with zero attached hydrogens (tertiary/aromatic N) is 4. The molecule has 1 aliphatic rings. The van der Waals surface area contributed by atoms with Crippen molar-refractivity contribution in [2.75, 3.05) is 19.5 Å². The molecule has 1 atom stereocenters. The van der Waals surface area contributed by atoms with Crippen LogP contribution in [-0.4, -0.2) is 50.7 Å². The van der Waals surface area contributed by atoms with Gasteiger partial charge in [0.2, 0.25) is 0 Å². The van der Waals surface area contributed by atoms with E-state index < -0.39 is 5.82 Å². The SMILES string of the molecule is COc1ccc(-c2nnc(SCC(=O)c3cc(C)n(CC4CCCO4)c3C)n2-c2ccc(F)c(Cl)c2)cc1. The number of benzene rings is 2. The molecule has 7 nitrogen and oxygen atoms in total. The van der Waals surface area contributed by atoms with Crippen molar-refractivity contribution in [3.05, 3.63) is 76.3 Å². The Labute approximate surface area is 229 Å². The van der Waals surface area contributed by atoms with Crippen LogP contribution >= 0.6 is 23.4 Å². The summed E-state index contributed by atoms with van der Waals surface area (Å²) in [5, 5.41) is 9.26. The highest BCUT2D eigenvalue weighted by molar-refractivity contribution is 7.99. The lowest BCUT2D eigenvalue weighted by Gasteiger charge is -2.14. The molecule has 0 radical (unpaired) electrons. The summed E-state index contributed by atoms with van der Waals surface area (Å²) in [5.74, 6) is 0.901. The highest BCUT2D eigenvalue weighted by Gasteiger charge is 2.23. The van der Waals surface area contributed by atoms with Crippen molar-refractivity contribution in [1.29, 1.82) is 0 Å². The molecule has 0 N–H and O–H groups in total. The highest BCUT2D eigenvalue weighted by Crippen LogP contribution is 2.31. The van der Waals surface area contributed by atoms with Crippen molar-refractivity contribution < 1.29 is 18.7 Å². The molecule has 5 rings (SSSR count). The van der Waals surface area contributed by atoms with Crippen LogP contribution in [0.15, 0.2) is 53.7 Å². The van der Waals surface area contributed by atoms with E-state index in [1.165, 1.54) is 23.9 Å². The van der Waals surface area contributed by atoms with Gasteiger partial charge in [0.1, 0.15) is 11.6 Å². The second kappa shape index (κ2) is 11.3. The van der Waals surface area contributed by atoms with Crippen LogP contribution < -0.4 is 4.74 Å². The number of hydrogen-bond acceptors (Lipinski definition) is 6. The van der Waals surface area contributed by atoms with Crippen LogP contribution in [0.3, 0.4) is 0 Å². The molecule has 0 spiro atoms. The fourth-order valence-electron chi connectivity index (χ4n) is 4.71. The number of Topliss-reactive ketones (excluding diaryl/α,β-unsaturated/α-hetero) is 1. The van der Waals surface area contributed by atoms with E-state index in [4.69, 9.17) is 21.1 Å². The lowest BCUT2D eigenvalue weighted by atomic mass is 10.2. The van der Waals surface area contributed by atoms with Crippen LogP contribution in [-0.2, 0) is 11.3 Å². The molecule has 2 aromatic heterocycles. The van der Waals surface area contributed by atoms with Gasteiger partial charge in [0.25, 0.3) is 0 Å². The predicted octanol–water partition coefficient (Wildman–Crippen LogP) is 6.31. The zero-order valence-corrected chi connectivity index (χ0v) is 23.0. The number of methoxy groups -OCH3 is 1. The van der Waals surface area contributed by atoms with Gasteiger partial charge in [-0.15, -0.1) is 10.2 Å². The number of aromatic nitrogens is 4. The third kappa shape index (κ3) is 5.36. The second-order valence-electron chi connectivity index (χ2n) is 9.21. The van der Waals surface area contributed by atoms with Gasteiger partial charge in [0, 0.05) is 35.7 Å². The Balaban J connectivity index is 1.42. The molecule has 38 heavy (non-hydrogen) atoms. The summed E-state index contributed by atoms with van der Waals surface area (Å²) in [6.07, 6.45) is 2.30. The van der Waals surface area contributed by atoms with Gasteiger partial charge in [-0.2, -0.15) is 0 Å². The summed E-state index contributed by atoms with van der Waals surface area (Å²) in [5.41, 5.74) is 4.05. The zero-order chi connectivity index (χ0) is 26.8. The molecule has 10 heteroatoms. The zero-order valence-electron chi connectivity index (χ0n) is 21.4. The Hall–Kier alpha value is -3.14. The van der Waals surface area contributed by atoms with Crippen molar-refractivity contribution in [2.24, 2.45) is 0 Å². The topological polar surface area (TPSA) is 71.2 Å². The smallest absolute Gasteiger partial charge is 0.196 e. The largest absolute Gasteiger partial charge is 0.497 e. The van der Waals surface area contributed by atoms with E-state index >= 15 is 0 Å². The third-order valence-electron chi connectivity index (χ3n) is 6.76. The van der Waals surface area contributed by atoms with Crippen LogP contribution in [0.4, 0.5) is 4.39 Å². The van der Waals surface area contributed by atoms with Crippen molar-refractivity contribution in [3.8, 4) is 22.8 Å². The minimum Gasteiger partial charge on any atom is -0.497 e. The average Bonchev–Trinajstić information content (AvgIpc) is 3.66. The van der Waals surface area contributed by atoms with Gasteiger partial charge in [-0.3, -0.25) is 9.36 Å². The van der Waals surface area contributed by atoms with Gasteiger partial charge in [0.15, 0.2) is 16.8 Å². The number of aryl methyl sites for hydroxylation is 1. The van der Waals surface area contributed by atoms with Crippen LogP contribution in [0.25, 0.3) is 17.1 Å². The molecule has 3 heterocycles. The third-order valence-corrected chi connectivity index (χ3v) is 7.98. The minimum atomic E-state index is -0.516. The summed E-state index contributed by atoms with van der Waals surface area (Å²) in [7, 11) is 1.60. The molecular formula is C28H28ClFN4O3S. The van der Waals surface area contributed by atoms with Crippen LogP contribution in [0.1, 0.15) is 34.6 Å². The number of hydrogen-bond donors (Lipinski definition) is 0. The molecule has 2 aromatic carbocycles. The molecule has 0 aliphatic carbocycles. The highest BCUT2D eigenvalue weighted by atomic mass is 35.5. The Morgan fingerprint density at radius 1 is 1.18 bits per heavy atom. The van der Waals surface area contributed by atoms with Gasteiger partial charge in [-0.25, -0.2) is 4.39 Å². The van der Waals surface area contributed by atoms with Crippen molar-refractivity contribution in [1.82, 2.24) is 19.3 Å². The van der Waals surface area contributed by atoms with Gasteiger partial charge < -0.3 is 14.0 Å². The molecular weight excluding hydrogens is 527 g/mol. The summed E-state index contributed by atoms with van der Waals surface area (Å²) in [6.45, 7) is 5.54. The van der Waals surface area contributed by atoms with Crippen LogP contribution in [0.5, 0.6) is 5.75 Å². The molecule has 1 unspecified atom stereocenters. The van der Waals surface area contributed by atoms with Gasteiger partial charge in [-0.1, -0.05) is 23.4 Å².